The molecule has 0 aliphatic heterocycles. The molecule has 0 aliphatic rings. The Morgan fingerprint density at radius 1 is 0.697 bits per heavy atom. The van der Waals surface area contributed by atoms with Crippen molar-refractivity contribution >= 4 is 0 Å². The van der Waals surface area contributed by atoms with Crippen LogP contribution >= 0.6 is 0 Å². The van der Waals surface area contributed by atoms with Gasteiger partial charge in [-0.25, -0.2) is 4.39 Å². The van der Waals surface area contributed by atoms with E-state index < -0.39 is 0 Å². The molecule has 0 amide bonds. The Morgan fingerprint density at radius 3 is 1.94 bits per heavy atom. The second-order valence-corrected chi connectivity index (χ2v) is 8.70. The number of aryl methyl sites for hydroxylation is 1. The van der Waals surface area contributed by atoms with Crippen molar-refractivity contribution < 1.29 is 9.13 Å². The average Bonchev–Trinajstić information content (AvgIpc) is 2.85. The normalized spacial score (nSPS) is 11.0. The van der Waals surface area contributed by atoms with Crippen LogP contribution in [0.3, 0.4) is 0 Å². The molecular weight excluding hydrogens is 411 g/mol. The highest BCUT2D eigenvalue weighted by molar-refractivity contribution is 5.63. The molecule has 0 atom stereocenters. The van der Waals surface area contributed by atoms with Gasteiger partial charge < -0.3 is 4.74 Å². The Bertz CT molecular complexity index is 954. The van der Waals surface area contributed by atoms with Crippen molar-refractivity contribution in [1.82, 2.24) is 9.97 Å². The molecule has 0 unspecified atom stereocenters. The van der Waals surface area contributed by atoms with E-state index >= 15 is 0 Å². The van der Waals surface area contributed by atoms with E-state index in [1.54, 1.807) is 18.5 Å². The van der Waals surface area contributed by atoms with E-state index in [1.165, 1.54) is 56.6 Å². The van der Waals surface area contributed by atoms with Crippen LogP contribution in [0.25, 0.3) is 22.5 Å². The van der Waals surface area contributed by atoms with Crippen LogP contribution in [0.1, 0.15) is 77.2 Å². The first-order valence-corrected chi connectivity index (χ1v) is 12.5. The number of unbranched alkanes of at least 4 members (excludes halogenated alkanes) is 7. The zero-order chi connectivity index (χ0) is 23.3. The van der Waals surface area contributed by atoms with E-state index in [2.05, 4.69) is 48.1 Å². The summed E-state index contributed by atoms with van der Waals surface area (Å²) >= 11 is 0. The molecule has 0 radical (unpaired) electrons. The van der Waals surface area contributed by atoms with E-state index in [4.69, 9.17) is 4.74 Å². The molecule has 1 aromatic heterocycles. The van der Waals surface area contributed by atoms with Gasteiger partial charge in [-0.15, -0.1) is 0 Å². The third-order valence-electron chi connectivity index (χ3n) is 5.95. The number of rotatable bonds is 14. The molecule has 1 heterocycles. The van der Waals surface area contributed by atoms with Gasteiger partial charge in [-0.3, -0.25) is 9.97 Å². The minimum atomic E-state index is -0.360. The molecule has 0 aliphatic carbocycles. The SMILES string of the molecule is CCCCCCCOc1ccc(-c2cnc(-c3ccc(CCCCCC)cc3)cn2)cc1F. The number of hydrogen-bond acceptors (Lipinski definition) is 3. The fourth-order valence-corrected chi connectivity index (χ4v) is 3.89. The number of benzene rings is 2. The van der Waals surface area contributed by atoms with Crippen LogP contribution in [-0.4, -0.2) is 16.6 Å². The first kappa shape index (κ1) is 24.9. The smallest absolute Gasteiger partial charge is 0.165 e. The van der Waals surface area contributed by atoms with E-state index in [9.17, 15) is 4.39 Å². The van der Waals surface area contributed by atoms with Crippen LogP contribution in [0.5, 0.6) is 5.75 Å². The second-order valence-electron chi connectivity index (χ2n) is 8.70. The minimum Gasteiger partial charge on any atom is -0.491 e. The average molecular weight is 449 g/mol. The summed E-state index contributed by atoms with van der Waals surface area (Å²) in [6.45, 7) is 4.98. The lowest BCUT2D eigenvalue weighted by atomic mass is 10.0. The topological polar surface area (TPSA) is 35.0 Å². The van der Waals surface area contributed by atoms with Gasteiger partial charge in [0.2, 0.25) is 0 Å². The monoisotopic (exact) mass is 448 g/mol. The van der Waals surface area contributed by atoms with Crippen LogP contribution in [0.4, 0.5) is 4.39 Å². The Morgan fingerprint density at radius 2 is 1.30 bits per heavy atom. The van der Waals surface area contributed by atoms with Crippen molar-refractivity contribution in [2.24, 2.45) is 0 Å². The minimum absolute atomic E-state index is 0.300. The standard InChI is InChI=1S/C29H37FN2O/c1-3-5-7-9-11-19-33-29-18-17-25(20-26(29)30)28-22-31-27(21-32-28)24-15-13-23(14-16-24)12-10-8-6-4-2/h13-18,20-22H,3-12,19H2,1-2H3. The van der Waals surface area contributed by atoms with Crippen LogP contribution < -0.4 is 4.74 Å². The van der Waals surface area contributed by atoms with Gasteiger partial charge in [0.05, 0.1) is 30.4 Å². The molecule has 0 spiro atoms. The van der Waals surface area contributed by atoms with E-state index in [-0.39, 0.29) is 5.82 Å². The maximum Gasteiger partial charge on any atom is 0.165 e. The summed E-state index contributed by atoms with van der Waals surface area (Å²) in [6, 6.07) is 13.6. The summed E-state index contributed by atoms with van der Waals surface area (Å²) in [4.78, 5) is 9.09. The highest BCUT2D eigenvalue weighted by Gasteiger charge is 2.09. The highest BCUT2D eigenvalue weighted by Crippen LogP contribution is 2.26. The predicted octanol–water partition coefficient (Wildman–Crippen LogP) is 8.42. The van der Waals surface area contributed by atoms with Gasteiger partial charge in [0.15, 0.2) is 11.6 Å². The summed E-state index contributed by atoms with van der Waals surface area (Å²) in [5.74, 6) is -0.0601. The first-order valence-electron chi connectivity index (χ1n) is 12.5. The highest BCUT2D eigenvalue weighted by atomic mass is 19.1. The van der Waals surface area contributed by atoms with Gasteiger partial charge in [-0.1, -0.05) is 83.1 Å². The number of halogens is 1. The molecule has 0 saturated carbocycles. The molecule has 0 N–H and O–H groups in total. The quantitative estimate of drug-likeness (QED) is 0.232. The lowest BCUT2D eigenvalue weighted by Gasteiger charge is -2.09. The van der Waals surface area contributed by atoms with Gasteiger partial charge in [0.25, 0.3) is 0 Å². The lowest BCUT2D eigenvalue weighted by Crippen LogP contribution is -1.99. The summed E-state index contributed by atoms with van der Waals surface area (Å²) in [6.07, 6.45) is 15.4. The van der Waals surface area contributed by atoms with E-state index in [0.717, 1.165) is 30.5 Å². The molecular formula is C29H37FN2O. The Balaban J connectivity index is 1.55. The first-order chi connectivity index (χ1) is 16.2. The largest absolute Gasteiger partial charge is 0.491 e. The Hall–Kier alpha value is -2.75. The number of ether oxygens (including phenoxy) is 1. The maximum absolute atomic E-state index is 14.5. The summed E-state index contributed by atoms with van der Waals surface area (Å²) in [5.41, 5.74) is 4.57. The van der Waals surface area contributed by atoms with Crippen molar-refractivity contribution in [3.8, 4) is 28.3 Å². The van der Waals surface area contributed by atoms with Gasteiger partial charge in [0, 0.05) is 11.1 Å². The molecule has 0 bridgehead atoms. The molecule has 3 nitrogen and oxygen atoms in total. The molecule has 4 heteroatoms. The van der Waals surface area contributed by atoms with Gasteiger partial charge in [-0.2, -0.15) is 0 Å². The molecule has 0 fully saturated rings. The van der Waals surface area contributed by atoms with Crippen LogP contribution in [0.15, 0.2) is 54.9 Å². The predicted molar refractivity (Wildman–Crippen MR) is 135 cm³/mol. The van der Waals surface area contributed by atoms with Crippen molar-refractivity contribution in [2.75, 3.05) is 6.61 Å². The number of nitrogens with zero attached hydrogens (tertiary/aromatic N) is 2. The Kier molecular flexibility index (Phi) is 10.3. The zero-order valence-corrected chi connectivity index (χ0v) is 20.2. The second kappa shape index (κ2) is 13.7. The molecule has 3 rings (SSSR count). The van der Waals surface area contributed by atoms with Gasteiger partial charge in [0.1, 0.15) is 0 Å². The zero-order valence-electron chi connectivity index (χ0n) is 20.2. The summed E-state index contributed by atoms with van der Waals surface area (Å²) in [5, 5.41) is 0. The van der Waals surface area contributed by atoms with Crippen LogP contribution in [0, 0.1) is 5.82 Å². The fraction of sp³-hybridized carbons (Fsp3) is 0.448. The Labute approximate surface area is 198 Å². The van der Waals surface area contributed by atoms with Crippen molar-refractivity contribution in [1.29, 1.82) is 0 Å². The summed E-state index contributed by atoms with van der Waals surface area (Å²) < 4.78 is 20.1. The third-order valence-corrected chi connectivity index (χ3v) is 5.95. The summed E-state index contributed by atoms with van der Waals surface area (Å²) in [7, 11) is 0. The molecule has 0 saturated heterocycles. The van der Waals surface area contributed by atoms with Gasteiger partial charge >= 0.3 is 0 Å². The fourth-order valence-electron chi connectivity index (χ4n) is 3.89. The molecule has 3 aromatic rings. The van der Waals surface area contributed by atoms with Crippen molar-refractivity contribution in [3.05, 3.63) is 66.2 Å². The number of hydrogen-bond donors (Lipinski definition) is 0. The maximum atomic E-state index is 14.5. The van der Waals surface area contributed by atoms with E-state index in [0.29, 0.717) is 23.6 Å². The van der Waals surface area contributed by atoms with Crippen molar-refractivity contribution in [2.45, 2.75) is 78.1 Å². The third kappa shape index (κ3) is 7.96. The van der Waals surface area contributed by atoms with Gasteiger partial charge in [-0.05, 0) is 43.0 Å². The van der Waals surface area contributed by atoms with E-state index in [1.807, 2.05) is 6.07 Å². The molecule has 2 aromatic carbocycles. The number of aromatic nitrogens is 2. The van der Waals surface area contributed by atoms with Crippen LogP contribution in [0.2, 0.25) is 0 Å². The van der Waals surface area contributed by atoms with Crippen molar-refractivity contribution in [3.63, 3.8) is 0 Å². The lowest BCUT2D eigenvalue weighted by molar-refractivity contribution is 0.290. The molecule has 176 valence electrons. The molecule has 33 heavy (non-hydrogen) atoms. The van der Waals surface area contributed by atoms with Crippen LogP contribution in [-0.2, 0) is 6.42 Å².